The standard InChI is InChI=1S/C6H6N4O4/c1-2-3-14-6(13)10-4(5(11)12)7-8-9-10/h2H,1,3H2,(H,11,12). The van der Waals surface area contributed by atoms with E-state index >= 15 is 0 Å². The second-order valence-corrected chi connectivity index (χ2v) is 2.09. The normalized spacial score (nSPS) is 9.43. The fourth-order valence-corrected chi connectivity index (χ4v) is 0.635. The van der Waals surface area contributed by atoms with E-state index in [2.05, 4.69) is 26.8 Å². The molecule has 0 saturated heterocycles. The molecule has 0 atom stereocenters. The molecule has 1 rings (SSSR count). The van der Waals surface area contributed by atoms with Gasteiger partial charge in [0.05, 0.1) is 0 Å². The summed E-state index contributed by atoms with van der Waals surface area (Å²) in [6, 6.07) is 0. The van der Waals surface area contributed by atoms with Crippen molar-refractivity contribution in [1.29, 1.82) is 0 Å². The number of aromatic nitrogens is 4. The highest BCUT2D eigenvalue weighted by molar-refractivity contribution is 5.87. The molecular weight excluding hydrogens is 192 g/mol. The summed E-state index contributed by atoms with van der Waals surface area (Å²) in [4.78, 5) is 21.5. The fourth-order valence-electron chi connectivity index (χ4n) is 0.635. The molecule has 8 heteroatoms. The third kappa shape index (κ3) is 1.91. The lowest BCUT2D eigenvalue weighted by molar-refractivity contribution is 0.0672. The van der Waals surface area contributed by atoms with Crippen LogP contribution >= 0.6 is 0 Å². The average molecular weight is 198 g/mol. The lowest BCUT2D eigenvalue weighted by Gasteiger charge is -1.99. The summed E-state index contributed by atoms with van der Waals surface area (Å²) in [5.74, 6) is -2.01. The van der Waals surface area contributed by atoms with Crippen LogP contribution in [0.5, 0.6) is 0 Å². The Bertz CT molecular complexity index is 372. The second-order valence-electron chi connectivity index (χ2n) is 2.09. The number of aromatic carboxylic acids is 1. The molecule has 1 N–H and O–H groups in total. The van der Waals surface area contributed by atoms with Crippen LogP contribution in [-0.2, 0) is 4.74 Å². The Hall–Kier alpha value is -2.25. The molecule has 0 fully saturated rings. The van der Waals surface area contributed by atoms with Crippen LogP contribution in [0.15, 0.2) is 12.7 Å². The van der Waals surface area contributed by atoms with Gasteiger partial charge in [-0.25, -0.2) is 9.59 Å². The van der Waals surface area contributed by atoms with Gasteiger partial charge in [-0.15, -0.1) is 9.78 Å². The molecule has 0 aliphatic carbocycles. The van der Waals surface area contributed by atoms with Crippen molar-refractivity contribution in [2.24, 2.45) is 0 Å². The highest BCUT2D eigenvalue weighted by Gasteiger charge is 2.20. The van der Waals surface area contributed by atoms with Crippen LogP contribution in [0.2, 0.25) is 0 Å². The molecule has 0 aliphatic heterocycles. The Morgan fingerprint density at radius 3 is 2.93 bits per heavy atom. The quantitative estimate of drug-likeness (QED) is 0.517. The van der Waals surface area contributed by atoms with Crippen LogP contribution in [-0.4, -0.2) is 44.0 Å². The molecule has 14 heavy (non-hydrogen) atoms. The van der Waals surface area contributed by atoms with Gasteiger partial charge in [0.15, 0.2) is 0 Å². The van der Waals surface area contributed by atoms with Gasteiger partial charge in [-0.05, 0) is 10.4 Å². The van der Waals surface area contributed by atoms with Crippen molar-refractivity contribution in [2.45, 2.75) is 0 Å². The zero-order chi connectivity index (χ0) is 10.6. The number of hydrogen-bond donors (Lipinski definition) is 1. The number of carboxylic acids is 1. The Morgan fingerprint density at radius 1 is 1.64 bits per heavy atom. The largest absolute Gasteiger partial charge is 0.475 e. The number of carbonyl (C=O) groups excluding carboxylic acids is 1. The minimum Gasteiger partial charge on any atom is -0.475 e. The lowest BCUT2D eigenvalue weighted by atomic mass is 10.6. The van der Waals surface area contributed by atoms with Gasteiger partial charge in [-0.3, -0.25) is 0 Å². The minimum atomic E-state index is -1.41. The number of carboxylic acid groups (broad SMARTS) is 1. The molecule has 0 aromatic carbocycles. The number of nitrogens with zero attached hydrogens (tertiary/aromatic N) is 4. The Labute approximate surface area is 77.8 Å². The zero-order valence-corrected chi connectivity index (χ0v) is 6.95. The maximum Gasteiger partial charge on any atom is 0.438 e. The van der Waals surface area contributed by atoms with Crippen molar-refractivity contribution in [2.75, 3.05) is 6.61 Å². The summed E-state index contributed by atoms with van der Waals surface area (Å²) in [6.45, 7) is 3.27. The van der Waals surface area contributed by atoms with Gasteiger partial charge < -0.3 is 9.84 Å². The molecule has 0 aliphatic rings. The van der Waals surface area contributed by atoms with E-state index in [0.717, 1.165) is 0 Å². The van der Waals surface area contributed by atoms with Gasteiger partial charge in [-0.2, -0.15) is 0 Å². The molecular formula is C6H6N4O4. The first-order chi connectivity index (χ1) is 6.66. The van der Waals surface area contributed by atoms with Gasteiger partial charge in [0, 0.05) is 0 Å². The summed E-state index contributed by atoms with van der Waals surface area (Å²) in [6.07, 6.45) is 0.371. The first kappa shape index (κ1) is 9.84. The van der Waals surface area contributed by atoms with Gasteiger partial charge in [0.2, 0.25) is 0 Å². The molecule has 0 spiro atoms. The Kier molecular flexibility index (Phi) is 2.89. The van der Waals surface area contributed by atoms with Crippen LogP contribution in [0.3, 0.4) is 0 Å². The van der Waals surface area contributed by atoms with Crippen LogP contribution in [0.25, 0.3) is 0 Å². The first-order valence-corrected chi connectivity index (χ1v) is 3.46. The van der Waals surface area contributed by atoms with Crippen molar-refractivity contribution in [3.05, 3.63) is 18.5 Å². The van der Waals surface area contributed by atoms with E-state index in [-0.39, 0.29) is 6.61 Å². The second kappa shape index (κ2) is 4.12. The first-order valence-electron chi connectivity index (χ1n) is 3.46. The van der Waals surface area contributed by atoms with Crippen LogP contribution in [0.1, 0.15) is 10.6 Å². The monoisotopic (exact) mass is 198 g/mol. The Balaban J connectivity index is 2.84. The van der Waals surface area contributed by atoms with E-state index in [4.69, 9.17) is 5.11 Å². The molecule has 74 valence electrons. The van der Waals surface area contributed by atoms with Crippen LogP contribution in [0, 0.1) is 0 Å². The third-order valence-electron chi connectivity index (χ3n) is 1.16. The predicted octanol–water partition coefficient (Wildman–Crippen LogP) is -0.458. The molecule has 8 nitrogen and oxygen atoms in total. The van der Waals surface area contributed by atoms with Crippen molar-refractivity contribution in [3.63, 3.8) is 0 Å². The fraction of sp³-hybridized carbons (Fsp3) is 0.167. The number of hydrogen-bond acceptors (Lipinski definition) is 6. The average Bonchev–Trinajstić information content (AvgIpc) is 2.62. The van der Waals surface area contributed by atoms with Crippen molar-refractivity contribution in [3.8, 4) is 0 Å². The smallest absolute Gasteiger partial charge is 0.438 e. The van der Waals surface area contributed by atoms with Crippen molar-refractivity contribution >= 4 is 12.1 Å². The third-order valence-corrected chi connectivity index (χ3v) is 1.16. The van der Waals surface area contributed by atoms with Gasteiger partial charge in [-0.1, -0.05) is 12.7 Å². The number of tetrazole rings is 1. The number of rotatable bonds is 3. The summed E-state index contributed by atoms with van der Waals surface area (Å²) >= 11 is 0. The van der Waals surface area contributed by atoms with Crippen molar-refractivity contribution in [1.82, 2.24) is 20.2 Å². The molecule has 0 amide bonds. The van der Waals surface area contributed by atoms with Gasteiger partial charge in [0.1, 0.15) is 6.61 Å². The summed E-state index contributed by atoms with van der Waals surface area (Å²) in [5.41, 5.74) is 0. The number of carbonyl (C=O) groups is 2. The highest BCUT2D eigenvalue weighted by Crippen LogP contribution is 1.93. The lowest BCUT2D eigenvalue weighted by Crippen LogP contribution is -2.20. The summed E-state index contributed by atoms with van der Waals surface area (Å²) in [5, 5.41) is 17.8. The topological polar surface area (TPSA) is 107 Å². The molecule has 0 bridgehead atoms. The van der Waals surface area contributed by atoms with E-state index in [0.29, 0.717) is 4.68 Å². The minimum absolute atomic E-state index is 0.0439. The number of ether oxygens (including phenoxy) is 1. The molecule has 1 aromatic rings. The molecule has 0 radical (unpaired) electrons. The zero-order valence-electron chi connectivity index (χ0n) is 6.95. The van der Waals surface area contributed by atoms with E-state index in [1.165, 1.54) is 6.08 Å². The SMILES string of the molecule is C=CCOC(=O)n1nnnc1C(=O)O. The Morgan fingerprint density at radius 2 is 2.36 bits per heavy atom. The molecule has 0 saturated carbocycles. The van der Waals surface area contributed by atoms with Gasteiger partial charge >= 0.3 is 12.1 Å². The maximum atomic E-state index is 11.1. The molecule has 0 unspecified atom stereocenters. The van der Waals surface area contributed by atoms with Crippen LogP contribution in [0.4, 0.5) is 4.79 Å². The molecule has 1 heterocycles. The van der Waals surface area contributed by atoms with Crippen molar-refractivity contribution < 1.29 is 19.4 Å². The summed E-state index contributed by atoms with van der Waals surface area (Å²) < 4.78 is 4.98. The van der Waals surface area contributed by atoms with Gasteiger partial charge in [0.25, 0.3) is 5.82 Å². The predicted molar refractivity (Wildman–Crippen MR) is 41.7 cm³/mol. The molecule has 1 aromatic heterocycles. The summed E-state index contributed by atoms with van der Waals surface area (Å²) in [7, 11) is 0. The van der Waals surface area contributed by atoms with E-state index < -0.39 is 17.9 Å². The van der Waals surface area contributed by atoms with E-state index in [1.54, 1.807) is 0 Å². The highest BCUT2D eigenvalue weighted by atomic mass is 16.6. The van der Waals surface area contributed by atoms with E-state index in [1.807, 2.05) is 0 Å². The van der Waals surface area contributed by atoms with E-state index in [9.17, 15) is 9.59 Å². The van der Waals surface area contributed by atoms with Crippen LogP contribution < -0.4 is 0 Å². The maximum absolute atomic E-state index is 11.1.